The normalized spacial score (nSPS) is 10.5. The quantitative estimate of drug-likeness (QED) is 0.320. The van der Waals surface area contributed by atoms with Crippen LogP contribution in [-0.4, -0.2) is 38.3 Å². The van der Waals surface area contributed by atoms with Crippen LogP contribution in [0, 0.1) is 0 Å². The number of furan rings is 1. The van der Waals surface area contributed by atoms with Crippen molar-refractivity contribution in [3.05, 3.63) is 24.2 Å². The molecule has 0 aliphatic rings. The minimum atomic E-state index is -0.824. The summed E-state index contributed by atoms with van der Waals surface area (Å²) in [4.78, 5) is 22.5. The third-order valence-electron chi connectivity index (χ3n) is 1.92. The van der Waals surface area contributed by atoms with Crippen molar-refractivity contribution in [1.82, 2.24) is 10.7 Å². The van der Waals surface area contributed by atoms with Gasteiger partial charge in [0.25, 0.3) is 0 Å². The Morgan fingerprint density at radius 1 is 1.50 bits per heavy atom. The lowest BCUT2D eigenvalue weighted by atomic mass is 10.4. The van der Waals surface area contributed by atoms with Gasteiger partial charge in [0.2, 0.25) is 0 Å². The molecule has 0 aromatic carbocycles. The SMILES string of the molecule is COCCCNC(=O)C(=O)N/N=C/c1ccco1. The number of rotatable bonds is 6. The lowest BCUT2D eigenvalue weighted by Gasteiger charge is -2.02. The molecule has 7 heteroatoms. The van der Waals surface area contributed by atoms with Gasteiger partial charge in [0, 0.05) is 20.3 Å². The summed E-state index contributed by atoms with van der Waals surface area (Å²) in [6.07, 6.45) is 3.42. The molecule has 7 nitrogen and oxygen atoms in total. The van der Waals surface area contributed by atoms with E-state index in [1.54, 1.807) is 19.2 Å². The zero-order valence-electron chi connectivity index (χ0n) is 10.0. The van der Waals surface area contributed by atoms with Crippen molar-refractivity contribution in [1.29, 1.82) is 0 Å². The first kappa shape index (κ1) is 13.9. The van der Waals surface area contributed by atoms with Crippen LogP contribution in [0.5, 0.6) is 0 Å². The first-order valence-corrected chi connectivity index (χ1v) is 5.37. The van der Waals surface area contributed by atoms with Gasteiger partial charge >= 0.3 is 11.8 Å². The maximum Gasteiger partial charge on any atom is 0.329 e. The van der Waals surface area contributed by atoms with Crippen LogP contribution in [0.4, 0.5) is 0 Å². The van der Waals surface area contributed by atoms with Gasteiger partial charge in [-0.2, -0.15) is 5.10 Å². The van der Waals surface area contributed by atoms with Gasteiger partial charge in [0.05, 0.1) is 12.5 Å². The molecular formula is C11H15N3O4. The summed E-state index contributed by atoms with van der Waals surface area (Å²) < 4.78 is 9.76. The van der Waals surface area contributed by atoms with Gasteiger partial charge in [-0.05, 0) is 18.6 Å². The van der Waals surface area contributed by atoms with Crippen LogP contribution >= 0.6 is 0 Å². The zero-order chi connectivity index (χ0) is 13.2. The van der Waals surface area contributed by atoms with E-state index in [1.165, 1.54) is 12.5 Å². The van der Waals surface area contributed by atoms with Crippen molar-refractivity contribution < 1.29 is 18.7 Å². The van der Waals surface area contributed by atoms with Crippen molar-refractivity contribution in [3.63, 3.8) is 0 Å². The third kappa shape index (κ3) is 5.26. The Hall–Kier alpha value is -2.15. The molecule has 0 saturated heterocycles. The summed E-state index contributed by atoms with van der Waals surface area (Å²) in [6, 6.07) is 3.35. The van der Waals surface area contributed by atoms with Crippen LogP contribution in [0.2, 0.25) is 0 Å². The highest BCUT2D eigenvalue weighted by Crippen LogP contribution is 1.94. The summed E-state index contributed by atoms with van der Waals surface area (Å²) in [5, 5.41) is 6.01. The molecule has 0 atom stereocenters. The summed E-state index contributed by atoms with van der Waals surface area (Å²) in [5.74, 6) is -1.08. The highest BCUT2D eigenvalue weighted by molar-refractivity contribution is 6.35. The number of hydrazone groups is 1. The van der Waals surface area contributed by atoms with Gasteiger partial charge in [-0.25, -0.2) is 5.43 Å². The van der Waals surface area contributed by atoms with Gasteiger partial charge in [-0.1, -0.05) is 0 Å². The Kier molecular flexibility index (Phi) is 6.20. The predicted molar refractivity (Wildman–Crippen MR) is 63.9 cm³/mol. The van der Waals surface area contributed by atoms with Crippen molar-refractivity contribution in [2.24, 2.45) is 5.10 Å². The molecule has 98 valence electrons. The van der Waals surface area contributed by atoms with Crippen molar-refractivity contribution in [2.75, 3.05) is 20.3 Å². The largest absolute Gasteiger partial charge is 0.463 e. The summed E-state index contributed by atoms with van der Waals surface area (Å²) in [5.41, 5.74) is 2.09. The lowest BCUT2D eigenvalue weighted by Crippen LogP contribution is -2.38. The fourth-order valence-electron chi connectivity index (χ4n) is 1.07. The minimum Gasteiger partial charge on any atom is -0.463 e. The lowest BCUT2D eigenvalue weighted by molar-refractivity contribution is -0.139. The smallest absolute Gasteiger partial charge is 0.329 e. The molecule has 0 saturated carbocycles. The van der Waals surface area contributed by atoms with E-state index in [0.29, 0.717) is 25.3 Å². The average Bonchev–Trinajstić information content (AvgIpc) is 2.87. The monoisotopic (exact) mass is 253 g/mol. The maximum atomic E-state index is 11.2. The number of ether oxygens (including phenoxy) is 1. The van der Waals surface area contributed by atoms with E-state index < -0.39 is 11.8 Å². The molecule has 2 amide bonds. The summed E-state index contributed by atoms with van der Waals surface area (Å²) in [7, 11) is 1.57. The molecule has 0 spiro atoms. The van der Waals surface area contributed by atoms with Crippen LogP contribution < -0.4 is 10.7 Å². The molecule has 0 radical (unpaired) electrons. The fraction of sp³-hybridized carbons (Fsp3) is 0.364. The highest BCUT2D eigenvalue weighted by Gasteiger charge is 2.11. The fourth-order valence-corrected chi connectivity index (χ4v) is 1.07. The van der Waals surface area contributed by atoms with E-state index in [-0.39, 0.29) is 0 Å². The molecule has 1 heterocycles. The maximum absolute atomic E-state index is 11.2. The van der Waals surface area contributed by atoms with E-state index in [9.17, 15) is 9.59 Å². The molecule has 0 fully saturated rings. The Morgan fingerprint density at radius 3 is 3.00 bits per heavy atom. The van der Waals surface area contributed by atoms with Crippen LogP contribution in [0.25, 0.3) is 0 Å². The van der Waals surface area contributed by atoms with Crippen LogP contribution in [0.1, 0.15) is 12.2 Å². The van der Waals surface area contributed by atoms with Crippen molar-refractivity contribution in [2.45, 2.75) is 6.42 Å². The molecule has 0 unspecified atom stereocenters. The highest BCUT2D eigenvalue weighted by atomic mass is 16.5. The van der Waals surface area contributed by atoms with Gasteiger partial charge < -0.3 is 14.5 Å². The molecule has 1 aromatic heterocycles. The second kappa shape index (κ2) is 8.02. The summed E-state index contributed by atoms with van der Waals surface area (Å²) >= 11 is 0. The Balaban J connectivity index is 2.21. The Bertz CT molecular complexity index is 400. The Labute approximate surface area is 104 Å². The number of hydrogen-bond acceptors (Lipinski definition) is 5. The molecule has 0 aliphatic carbocycles. The van der Waals surface area contributed by atoms with Crippen molar-refractivity contribution in [3.8, 4) is 0 Å². The summed E-state index contributed by atoms with van der Waals surface area (Å²) in [6.45, 7) is 0.903. The minimum absolute atomic E-state index is 0.377. The van der Waals surface area contributed by atoms with E-state index in [2.05, 4.69) is 15.8 Å². The number of carbonyl (C=O) groups excluding carboxylic acids is 2. The topological polar surface area (TPSA) is 92.9 Å². The molecular weight excluding hydrogens is 238 g/mol. The van der Waals surface area contributed by atoms with Gasteiger partial charge in [-0.15, -0.1) is 0 Å². The van der Waals surface area contributed by atoms with Gasteiger partial charge in [0.15, 0.2) is 0 Å². The molecule has 1 rings (SSSR count). The number of carbonyl (C=O) groups is 2. The number of methoxy groups -OCH3 is 1. The van der Waals surface area contributed by atoms with Crippen LogP contribution in [-0.2, 0) is 14.3 Å². The van der Waals surface area contributed by atoms with Gasteiger partial charge in [-0.3, -0.25) is 9.59 Å². The zero-order valence-corrected chi connectivity index (χ0v) is 10.0. The number of nitrogens with one attached hydrogen (secondary N) is 2. The second-order valence-electron chi connectivity index (χ2n) is 3.32. The number of hydrogen-bond donors (Lipinski definition) is 2. The van der Waals surface area contributed by atoms with Gasteiger partial charge in [0.1, 0.15) is 5.76 Å². The van der Waals surface area contributed by atoms with Crippen LogP contribution in [0.15, 0.2) is 27.9 Å². The molecule has 0 bridgehead atoms. The number of nitrogens with zero attached hydrogens (tertiary/aromatic N) is 1. The average molecular weight is 253 g/mol. The second-order valence-corrected chi connectivity index (χ2v) is 3.32. The standard InChI is InChI=1S/C11H15N3O4/c1-17-6-3-5-12-10(15)11(16)14-13-8-9-4-2-7-18-9/h2,4,7-8H,3,5-6H2,1H3,(H,12,15)(H,14,16)/b13-8+. The van der Waals surface area contributed by atoms with Crippen molar-refractivity contribution >= 4 is 18.0 Å². The third-order valence-corrected chi connectivity index (χ3v) is 1.92. The molecule has 2 N–H and O–H groups in total. The van der Waals surface area contributed by atoms with E-state index >= 15 is 0 Å². The molecule has 0 aliphatic heterocycles. The van der Waals surface area contributed by atoms with E-state index in [0.717, 1.165) is 0 Å². The first-order chi connectivity index (χ1) is 8.74. The van der Waals surface area contributed by atoms with Crippen LogP contribution in [0.3, 0.4) is 0 Å². The van der Waals surface area contributed by atoms with E-state index in [4.69, 9.17) is 9.15 Å². The predicted octanol–water partition coefficient (Wildman–Crippen LogP) is -0.118. The Morgan fingerprint density at radius 2 is 2.33 bits per heavy atom. The molecule has 18 heavy (non-hydrogen) atoms. The van der Waals surface area contributed by atoms with E-state index in [1.807, 2.05) is 0 Å². The number of amides is 2. The first-order valence-electron chi connectivity index (χ1n) is 5.37. The molecule has 1 aromatic rings.